The second-order valence-electron chi connectivity index (χ2n) is 5.10. The van der Waals surface area contributed by atoms with Gasteiger partial charge in [-0.1, -0.05) is 0 Å². The van der Waals surface area contributed by atoms with Crippen LogP contribution in [0.4, 0.5) is 5.69 Å². The smallest absolute Gasteiger partial charge is 0.219 e. The first-order chi connectivity index (χ1) is 9.74. The molecule has 0 saturated carbocycles. The quantitative estimate of drug-likeness (QED) is 0.835. The monoisotopic (exact) mass is 269 g/mol. The lowest BCUT2D eigenvalue weighted by atomic mass is 10.2. The molecule has 1 amide bonds. The third-order valence-corrected chi connectivity index (χ3v) is 3.84. The molecule has 1 saturated heterocycles. The van der Waals surface area contributed by atoms with Crippen LogP contribution in [-0.2, 0) is 4.79 Å². The Kier molecular flexibility index (Phi) is 3.46. The molecule has 1 aliphatic heterocycles. The van der Waals surface area contributed by atoms with Crippen molar-refractivity contribution < 1.29 is 4.79 Å². The average molecular weight is 269 g/mol. The van der Waals surface area contributed by atoms with Crippen LogP contribution >= 0.6 is 0 Å². The minimum Gasteiger partial charge on any atom is -0.368 e. The number of aromatic nitrogens is 1. The molecule has 20 heavy (non-hydrogen) atoms. The third kappa shape index (κ3) is 2.54. The summed E-state index contributed by atoms with van der Waals surface area (Å²) in [4.78, 5) is 15.6. The molecule has 0 radical (unpaired) electrons. The van der Waals surface area contributed by atoms with Crippen LogP contribution in [0, 0.1) is 0 Å². The second kappa shape index (κ2) is 5.41. The fourth-order valence-corrected chi connectivity index (χ4v) is 2.62. The zero-order chi connectivity index (χ0) is 13.9. The lowest BCUT2D eigenvalue weighted by Gasteiger charge is -2.35. The van der Waals surface area contributed by atoms with Crippen molar-refractivity contribution in [2.24, 2.45) is 0 Å². The topological polar surface area (TPSA) is 28.5 Å². The van der Waals surface area contributed by atoms with Crippen LogP contribution in [-0.4, -0.2) is 41.6 Å². The van der Waals surface area contributed by atoms with Gasteiger partial charge in [0.25, 0.3) is 0 Å². The first-order valence-corrected chi connectivity index (χ1v) is 6.98. The van der Waals surface area contributed by atoms with Crippen molar-refractivity contribution in [2.75, 3.05) is 31.1 Å². The number of hydrogen-bond acceptors (Lipinski definition) is 2. The molecule has 1 aromatic carbocycles. The maximum Gasteiger partial charge on any atom is 0.219 e. The minimum atomic E-state index is 0.174. The molecule has 0 aliphatic carbocycles. The molecule has 0 N–H and O–H groups in total. The van der Waals surface area contributed by atoms with E-state index in [1.54, 1.807) is 6.92 Å². The van der Waals surface area contributed by atoms with Crippen LogP contribution in [0.1, 0.15) is 6.92 Å². The van der Waals surface area contributed by atoms with Gasteiger partial charge in [0.15, 0.2) is 0 Å². The van der Waals surface area contributed by atoms with Crippen molar-refractivity contribution in [3.63, 3.8) is 0 Å². The summed E-state index contributed by atoms with van der Waals surface area (Å²) in [7, 11) is 0. The molecule has 0 bridgehead atoms. The van der Waals surface area contributed by atoms with E-state index in [1.807, 2.05) is 29.4 Å². The Morgan fingerprint density at radius 1 is 0.900 bits per heavy atom. The number of rotatable bonds is 2. The van der Waals surface area contributed by atoms with Gasteiger partial charge in [-0.3, -0.25) is 4.79 Å². The van der Waals surface area contributed by atoms with Gasteiger partial charge < -0.3 is 14.4 Å². The normalized spacial score (nSPS) is 15.4. The highest BCUT2D eigenvalue weighted by molar-refractivity contribution is 5.73. The first-order valence-electron chi connectivity index (χ1n) is 6.98. The standard InChI is InChI=1S/C16H19N3O/c1-14(20)17-10-12-19(13-11-17)16-6-4-15(5-7-16)18-8-2-3-9-18/h2-9H,10-13H2,1H3. The molecular formula is C16H19N3O. The summed E-state index contributed by atoms with van der Waals surface area (Å²) in [5, 5.41) is 0. The predicted molar refractivity (Wildman–Crippen MR) is 80.2 cm³/mol. The Balaban J connectivity index is 1.68. The van der Waals surface area contributed by atoms with E-state index >= 15 is 0 Å². The van der Waals surface area contributed by atoms with E-state index < -0.39 is 0 Å². The molecule has 2 aromatic rings. The van der Waals surface area contributed by atoms with E-state index in [0.717, 1.165) is 26.2 Å². The molecule has 4 nitrogen and oxygen atoms in total. The summed E-state index contributed by atoms with van der Waals surface area (Å²) in [5.41, 5.74) is 2.39. The lowest BCUT2D eigenvalue weighted by molar-refractivity contribution is -0.129. The number of piperazine rings is 1. The molecule has 3 rings (SSSR count). The number of carbonyl (C=O) groups is 1. The zero-order valence-corrected chi connectivity index (χ0v) is 11.7. The van der Waals surface area contributed by atoms with Crippen molar-refractivity contribution in [2.45, 2.75) is 6.92 Å². The maximum absolute atomic E-state index is 11.3. The minimum absolute atomic E-state index is 0.174. The molecule has 4 heteroatoms. The molecule has 1 aliphatic rings. The molecule has 0 atom stereocenters. The summed E-state index contributed by atoms with van der Waals surface area (Å²) < 4.78 is 2.09. The van der Waals surface area contributed by atoms with Crippen LogP contribution in [0.5, 0.6) is 0 Å². The van der Waals surface area contributed by atoms with E-state index in [9.17, 15) is 4.79 Å². The van der Waals surface area contributed by atoms with Gasteiger partial charge in [0.2, 0.25) is 5.91 Å². The lowest BCUT2D eigenvalue weighted by Crippen LogP contribution is -2.48. The van der Waals surface area contributed by atoms with Crippen LogP contribution < -0.4 is 4.90 Å². The van der Waals surface area contributed by atoms with Crippen LogP contribution in [0.2, 0.25) is 0 Å². The second-order valence-corrected chi connectivity index (χ2v) is 5.10. The van der Waals surface area contributed by atoms with Gasteiger partial charge in [0, 0.05) is 56.9 Å². The number of amides is 1. The number of nitrogens with zero attached hydrogens (tertiary/aromatic N) is 3. The fourth-order valence-electron chi connectivity index (χ4n) is 2.62. The highest BCUT2D eigenvalue weighted by Gasteiger charge is 2.18. The maximum atomic E-state index is 11.3. The van der Waals surface area contributed by atoms with Crippen molar-refractivity contribution in [3.8, 4) is 5.69 Å². The largest absolute Gasteiger partial charge is 0.368 e. The molecule has 1 fully saturated rings. The van der Waals surface area contributed by atoms with E-state index in [4.69, 9.17) is 0 Å². The molecule has 0 unspecified atom stereocenters. The van der Waals surface area contributed by atoms with Crippen molar-refractivity contribution in [1.29, 1.82) is 0 Å². The Labute approximate surface area is 119 Å². The molecule has 1 aromatic heterocycles. The van der Waals surface area contributed by atoms with Crippen LogP contribution in [0.3, 0.4) is 0 Å². The third-order valence-electron chi connectivity index (χ3n) is 3.84. The van der Waals surface area contributed by atoms with Crippen molar-refractivity contribution >= 4 is 11.6 Å². The predicted octanol–water partition coefficient (Wildman–Crippen LogP) is 2.15. The van der Waals surface area contributed by atoms with Gasteiger partial charge in [-0.25, -0.2) is 0 Å². The summed E-state index contributed by atoms with van der Waals surface area (Å²) >= 11 is 0. The average Bonchev–Trinajstić information content (AvgIpc) is 3.02. The number of carbonyl (C=O) groups excluding carboxylic acids is 1. The molecule has 104 valence electrons. The van der Waals surface area contributed by atoms with Crippen molar-refractivity contribution in [3.05, 3.63) is 48.8 Å². The number of benzene rings is 1. The number of anilines is 1. The SMILES string of the molecule is CC(=O)N1CCN(c2ccc(-n3cccc3)cc2)CC1. The summed E-state index contributed by atoms with van der Waals surface area (Å²) in [6.45, 7) is 5.08. The molecule has 2 heterocycles. The van der Waals surface area contributed by atoms with Gasteiger partial charge in [0.1, 0.15) is 0 Å². The summed E-state index contributed by atoms with van der Waals surface area (Å²) in [6.07, 6.45) is 4.08. The Hall–Kier alpha value is -2.23. The van der Waals surface area contributed by atoms with E-state index in [1.165, 1.54) is 11.4 Å². The molecular weight excluding hydrogens is 250 g/mol. The van der Waals surface area contributed by atoms with Gasteiger partial charge in [0.05, 0.1) is 0 Å². The van der Waals surface area contributed by atoms with Gasteiger partial charge in [-0.05, 0) is 36.4 Å². The first kappa shape index (κ1) is 12.8. The van der Waals surface area contributed by atoms with E-state index in [2.05, 4.69) is 33.7 Å². The van der Waals surface area contributed by atoms with Gasteiger partial charge in [-0.2, -0.15) is 0 Å². The van der Waals surface area contributed by atoms with Crippen LogP contribution in [0.15, 0.2) is 48.8 Å². The fraction of sp³-hybridized carbons (Fsp3) is 0.312. The van der Waals surface area contributed by atoms with E-state index in [-0.39, 0.29) is 5.91 Å². The highest BCUT2D eigenvalue weighted by atomic mass is 16.2. The van der Waals surface area contributed by atoms with Crippen molar-refractivity contribution in [1.82, 2.24) is 9.47 Å². The zero-order valence-electron chi connectivity index (χ0n) is 11.7. The summed E-state index contributed by atoms with van der Waals surface area (Å²) in [6, 6.07) is 12.6. The molecule has 0 spiro atoms. The van der Waals surface area contributed by atoms with Gasteiger partial charge in [-0.15, -0.1) is 0 Å². The Bertz CT molecular complexity index is 566. The summed E-state index contributed by atoms with van der Waals surface area (Å²) in [5.74, 6) is 0.174. The van der Waals surface area contributed by atoms with Gasteiger partial charge >= 0.3 is 0 Å². The highest BCUT2D eigenvalue weighted by Crippen LogP contribution is 2.19. The Morgan fingerprint density at radius 3 is 2.00 bits per heavy atom. The Morgan fingerprint density at radius 2 is 1.45 bits per heavy atom. The van der Waals surface area contributed by atoms with Crippen LogP contribution in [0.25, 0.3) is 5.69 Å². The van der Waals surface area contributed by atoms with E-state index in [0.29, 0.717) is 0 Å². The number of hydrogen-bond donors (Lipinski definition) is 0.